The summed E-state index contributed by atoms with van der Waals surface area (Å²) in [5.41, 5.74) is 4.84. The third kappa shape index (κ3) is 5.81. The first-order valence-corrected chi connectivity index (χ1v) is 14.1. The Labute approximate surface area is 233 Å². The Morgan fingerprint density at radius 3 is 2.67 bits per heavy atom. The number of piperidine rings is 1. The molecule has 1 unspecified atom stereocenters. The molecule has 1 atom stereocenters. The summed E-state index contributed by atoms with van der Waals surface area (Å²) in [7, 11) is 0. The number of hydrogen-bond acceptors (Lipinski definition) is 5. The van der Waals surface area contributed by atoms with Gasteiger partial charge in [-0.1, -0.05) is 29.8 Å². The van der Waals surface area contributed by atoms with Crippen LogP contribution in [0.15, 0.2) is 54.6 Å². The molecule has 0 saturated carbocycles. The number of pyridine rings is 1. The van der Waals surface area contributed by atoms with Gasteiger partial charge in [0, 0.05) is 34.7 Å². The van der Waals surface area contributed by atoms with Crippen LogP contribution in [-0.4, -0.2) is 44.7 Å². The van der Waals surface area contributed by atoms with Gasteiger partial charge in [0.25, 0.3) is 0 Å². The molecule has 2 aliphatic heterocycles. The summed E-state index contributed by atoms with van der Waals surface area (Å²) in [6.45, 7) is 8.86. The highest BCUT2D eigenvalue weighted by Crippen LogP contribution is 2.32. The van der Waals surface area contributed by atoms with Crippen molar-refractivity contribution in [3.05, 3.63) is 88.1 Å². The molecule has 0 spiro atoms. The maximum absolute atomic E-state index is 14.1. The molecule has 0 radical (unpaired) electrons. The number of nitrogens with zero attached hydrogens (tertiary/aromatic N) is 4. The number of ether oxygens (including phenoxy) is 2. The molecule has 6 nitrogen and oxygen atoms in total. The number of benzene rings is 2. The van der Waals surface area contributed by atoms with Gasteiger partial charge in [-0.3, -0.25) is 4.90 Å². The Balaban J connectivity index is 1.10. The summed E-state index contributed by atoms with van der Waals surface area (Å²) >= 11 is 5.86. The van der Waals surface area contributed by atoms with Crippen LogP contribution >= 0.6 is 11.6 Å². The van der Waals surface area contributed by atoms with Crippen molar-refractivity contribution in [2.45, 2.75) is 64.3 Å². The molecule has 8 heteroatoms. The van der Waals surface area contributed by atoms with Crippen molar-refractivity contribution >= 4 is 22.6 Å². The average Bonchev–Trinajstić information content (AvgIpc) is 3.23. The lowest BCUT2D eigenvalue weighted by atomic mass is 9.93. The molecule has 39 heavy (non-hydrogen) atoms. The molecule has 6 rings (SSSR count). The Morgan fingerprint density at radius 1 is 1.10 bits per heavy atom. The second-order valence-electron chi connectivity index (χ2n) is 11.1. The number of fused-ring (bicyclic) bond motifs is 1. The van der Waals surface area contributed by atoms with E-state index in [-0.39, 0.29) is 18.0 Å². The van der Waals surface area contributed by atoms with Crippen molar-refractivity contribution in [3.8, 4) is 5.88 Å². The monoisotopic (exact) mass is 548 g/mol. The minimum Gasteiger partial charge on any atom is -0.473 e. The molecule has 0 aliphatic carbocycles. The van der Waals surface area contributed by atoms with Crippen LogP contribution in [0.3, 0.4) is 0 Å². The summed E-state index contributed by atoms with van der Waals surface area (Å²) in [6.07, 6.45) is 3.11. The molecule has 2 fully saturated rings. The van der Waals surface area contributed by atoms with E-state index in [4.69, 9.17) is 31.0 Å². The lowest BCUT2D eigenvalue weighted by molar-refractivity contribution is -0.142. The zero-order valence-electron chi connectivity index (χ0n) is 22.5. The molecule has 2 aromatic carbocycles. The van der Waals surface area contributed by atoms with Crippen LogP contribution in [0, 0.1) is 12.7 Å². The maximum Gasteiger partial charge on any atom is 0.213 e. The SMILES string of the molecule is Cc1ccc2c(c1)nc(CN1CCC(c3cccc(OCc4ccc(Cl)cc4F)n3)CC1)n2CC1(C)CCO1. The molecule has 2 aromatic heterocycles. The first-order chi connectivity index (χ1) is 18.8. The molecule has 4 heterocycles. The van der Waals surface area contributed by atoms with Gasteiger partial charge in [0.2, 0.25) is 5.88 Å². The van der Waals surface area contributed by atoms with E-state index in [1.54, 1.807) is 12.1 Å². The number of imidazole rings is 1. The van der Waals surface area contributed by atoms with Crippen LogP contribution in [0.2, 0.25) is 5.02 Å². The number of likely N-dealkylation sites (tertiary alicyclic amines) is 1. The van der Waals surface area contributed by atoms with E-state index in [9.17, 15) is 4.39 Å². The predicted molar refractivity (Wildman–Crippen MR) is 151 cm³/mol. The highest BCUT2D eigenvalue weighted by molar-refractivity contribution is 6.30. The minimum absolute atomic E-state index is 0.113. The van der Waals surface area contributed by atoms with Crippen molar-refractivity contribution in [1.82, 2.24) is 19.4 Å². The van der Waals surface area contributed by atoms with Gasteiger partial charge in [-0.15, -0.1) is 0 Å². The molecular weight excluding hydrogens is 515 g/mol. The minimum atomic E-state index is -0.371. The predicted octanol–water partition coefficient (Wildman–Crippen LogP) is 6.67. The topological polar surface area (TPSA) is 52.4 Å². The van der Waals surface area contributed by atoms with E-state index in [0.717, 1.165) is 69.1 Å². The number of halogens is 2. The Kier molecular flexibility index (Phi) is 7.31. The van der Waals surface area contributed by atoms with Crippen LogP contribution in [0.1, 0.15) is 54.7 Å². The highest BCUT2D eigenvalue weighted by atomic mass is 35.5. The fourth-order valence-electron chi connectivity index (χ4n) is 5.61. The van der Waals surface area contributed by atoms with Crippen molar-refractivity contribution in [1.29, 1.82) is 0 Å². The maximum atomic E-state index is 14.1. The van der Waals surface area contributed by atoms with Crippen molar-refractivity contribution in [2.24, 2.45) is 0 Å². The van der Waals surface area contributed by atoms with E-state index in [1.807, 2.05) is 12.1 Å². The molecule has 204 valence electrons. The first kappa shape index (κ1) is 26.2. The summed E-state index contributed by atoms with van der Waals surface area (Å²) in [5, 5.41) is 0.372. The normalized spacial score (nSPS) is 20.3. The Morgan fingerprint density at radius 2 is 1.92 bits per heavy atom. The fourth-order valence-corrected chi connectivity index (χ4v) is 5.77. The standard InChI is InChI=1S/C31H34ClFN4O2/c1-21-6-9-28-27(16-21)34-29(37(28)20-31(2)12-15-39-31)18-36-13-10-22(11-14-36)26-4-3-5-30(35-26)38-19-23-7-8-24(32)17-25(23)33/h3-9,16-17,22H,10-15,18-20H2,1-2H3. The highest BCUT2D eigenvalue weighted by Gasteiger charge is 2.35. The smallest absolute Gasteiger partial charge is 0.213 e. The van der Waals surface area contributed by atoms with Gasteiger partial charge < -0.3 is 14.0 Å². The van der Waals surface area contributed by atoms with Gasteiger partial charge in [-0.05, 0) is 75.7 Å². The van der Waals surface area contributed by atoms with E-state index < -0.39 is 0 Å². The van der Waals surface area contributed by atoms with Crippen molar-refractivity contribution in [3.63, 3.8) is 0 Å². The van der Waals surface area contributed by atoms with Crippen LogP contribution in [0.5, 0.6) is 5.88 Å². The van der Waals surface area contributed by atoms with Crippen LogP contribution in [0.25, 0.3) is 11.0 Å². The van der Waals surface area contributed by atoms with E-state index in [0.29, 0.717) is 22.4 Å². The molecule has 4 aromatic rings. The number of aryl methyl sites for hydroxylation is 1. The fraction of sp³-hybridized carbons (Fsp3) is 0.419. The molecule has 2 saturated heterocycles. The van der Waals surface area contributed by atoms with Gasteiger partial charge in [-0.25, -0.2) is 14.4 Å². The molecule has 2 aliphatic rings. The summed E-state index contributed by atoms with van der Waals surface area (Å²) in [6, 6.07) is 17.0. The molecular formula is C31H34ClFN4O2. The van der Waals surface area contributed by atoms with Crippen LogP contribution in [-0.2, 0) is 24.4 Å². The third-order valence-corrected chi connectivity index (χ3v) is 8.30. The second kappa shape index (κ2) is 10.9. The quantitative estimate of drug-likeness (QED) is 0.246. The first-order valence-electron chi connectivity index (χ1n) is 13.7. The van der Waals surface area contributed by atoms with Gasteiger partial charge in [0.05, 0.1) is 36.3 Å². The van der Waals surface area contributed by atoms with Crippen molar-refractivity contribution < 1.29 is 13.9 Å². The van der Waals surface area contributed by atoms with E-state index >= 15 is 0 Å². The van der Waals surface area contributed by atoms with Gasteiger partial charge >= 0.3 is 0 Å². The molecule has 0 amide bonds. The largest absolute Gasteiger partial charge is 0.473 e. The Hall–Kier alpha value is -3.00. The van der Waals surface area contributed by atoms with Gasteiger partial charge in [0.15, 0.2) is 0 Å². The van der Waals surface area contributed by atoms with Gasteiger partial charge in [0.1, 0.15) is 18.2 Å². The number of rotatable bonds is 8. The summed E-state index contributed by atoms with van der Waals surface area (Å²) in [4.78, 5) is 12.3. The molecule has 0 N–H and O–H groups in total. The average molecular weight is 549 g/mol. The van der Waals surface area contributed by atoms with Crippen molar-refractivity contribution in [2.75, 3.05) is 19.7 Å². The number of hydrogen-bond donors (Lipinski definition) is 0. The van der Waals surface area contributed by atoms with Crippen LogP contribution < -0.4 is 4.74 Å². The number of aromatic nitrogens is 3. The Bertz CT molecular complexity index is 1480. The third-order valence-electron chi connectivity index (χ3n) is 8.06. The summed E-state index contributed by atoms with van der Waals surface area (Å²) < 4.78 is 28.2. The van der Waals surface area contributed by atoms with E-state index in [1.165, 1.54) is 17.1 Å². The second-order valence-corrected chi connectivity index (χ2v) is 11.6. The molecule has 0 bridgehead atoms. The zero-order chi connectivity index (χ0) is 27.0. The van der Waals surface area contributed by atoms with E-state index in [2.05, 4.69) is 47.6 Å². The lowest BCUT2D eigenvalue weighted by Gasteiger charge is -2.39. The van der Waals surface area contributed by atoms with Crippen LogP contribution in [0.4, 0.5) is 4.39 Å². The summed E-state index contributed by atoms with van der Waals surface area (Å²) in [5.74, 6) is 1.61. The zero-order valence-corrected chi connectivity index (χ0v) is 23.3. The van der Waals surface area contributed by atoms with Gasteiger partial charge in [-0.2, -0.15) is 0 Å². The lowest BCUT2D eigenvalue weighted by Crippen LogP contribution is -2.44.